The van der Waals surface area contributed by atoms with Gasteiger partial charge in [0.2, 0.25) is 0 Å². The maximum absolute atomic E-state index is 9.80. The van der Waals surface area contributed by atoms with Crippen LogP contribution in [-0.2, 0) is 10.2 Å². The summed E-state index contributed by atoms with van der Waals surface area (Å²) < 4.78 is 6.15. The summed E-state index contributed by atoms with van der Waals surface area (Å²) in [6.07, 6.45) is 9.07. The zero-order chi connectivity index (χ0) is 14.1. The minimum Gasteiger partial charge on any atom is -0.513 e. The molecule has 1 saturated heterocycles. The number of hydrogen-bond donors (Lipinski definition) is 1. The van der Waals surface area contributed by atoms with Crippen LogP contribution < -0.4 is 0 Å². The van der Waals surface area contributed by atoms with Crippen molar-refractivity contribution >= 4 is 0 Å². The van der Waals surface area contributed by atoms with Gasteiger partial charge in [-0.3, -0.25) is 4.98 Å². The molecule has 0 amide bonds. The number of aromatic nitrogens is 1. The van der Waals surface area contributed by atoms with Crippen LogP contribution in [0.2, 0.25) is 0 Å². The molecule has 1 saturated carbocycles. The minimum absolute atomic E-state index is 0.00518. The van der Waals surface area contributed by atoms with Gasteiger partial charge in [0.1, 0.15) is 0 Å². The average molecular weight is 273 g/mol. The van der Waals surface area contributed by atoms with Gasteiger partial charge >= 0.3 is 0 Å². The van der Waals surface area contributed by atoms with Gasteiger partial charge in [0, 0.05) is 30.3 Å². The summed E-state index contributed by atoms with van der Waals surface area (Å²) in [5.41, 5.74) is 0.964. The van der Waals surface area contributed by atoms with Gasteiger partial charge in [0.25, 0.3) is 0 Å². The number of allylic oxidation sites excluding steroid dienone is 1. The highest BCUT2D eigenvalue weighted by Gasteiger charge is 2.48. The smallest absolute Gasteiger partial charge is 0.0860 e. The molecule has 1 aromatic heterocycles. The second-order valence-corrected chi connectivity index (χ2v) is 6.40. The zero-order valence-corrected chi connectivity index (χ0v) is 12.0. The Bertz CT molecular complexity index is 479. The molecule has 2 heterocycles. The molecule has 3 heteroatoms. The van der Waals surface area contributed by atoms with Crippen LogP contribution in [0.15, 0.2) is 36.7 Å². The Labute approximate surface area is 120 Å². The summed E-state index contributed by atoms with van der Waals surface area (Å²) in [5.74, 6) is 0.255. The third-order valence-electron chi connectivity index (χ3n) is 4.91. The van der Waals surface area contributed by atoms with E-state index in [1.54, 1.807) is 0 Å². The van der Waals surface area contributed by atoms with Crippen LogP contribution in [0.3, 0.4) is 0 Å². The van der Waals surface area contributed by atoms with E-state index in [9.17, 15) is 5.11 Å². The van der Waals surface area contributed by atoms with Gasteiger partial charge in [0.15, 0.2) is 0 Å². The second-order valence-electron chi connectivity index (χ2n) is 6.40. The SMILES string of the molecule is C=C(O)C[C@@]1(c2ccccn2)CCOC2(CCCC2)C1. The average Bonchev–Trinajstić information content (AvgIpc) is 2.87. The molecule has 1 aliphatic heterocycles. The van der Waals surface area contributed by atoms with Crippen LogP contribution in [0.1, 0.15) is 50.6 Å². The van der Waals surface area contributed by atoms with Crippen LogP contribution in [0, 0.1) is 0 Å². The van der Waals surface area contributed by atoms with Gasteiger partial charge in [-0.15, -0.1) is 0 Å². The first kappa shape index (κ1) is 13.6. The van der Waals surface area contributed by atoms with Gasteiger partial charge < -0.3 is 9.84 Å². The lowest BCUT2D eigenvalue weighted by Gasteiger charge is -2.46. The second kappa shape index (κ2) is 5.21. The van der Waals surface area contributed by atoms with Crippen LogP contribution in [-0.4, -0.2) is 22.3 Å². The number of ether oxygens (including phenoxy) is 1. The molecule has 3 nitrogen and oxygen atoms in total. The normalized spacial score (nSPS) is 28.6. The largest absolute Gasteiger partial charge is 0.513 e. The number of aliphatic hydroxyl groups is 1. The van der Waals surface area contributed by atoms with Crippen molar-refractivity contribution in [1.29, 1.82) is 0 Å². The first-order valence-corrected chi connectivity index (χ1v) is 7.57. The summed E-state index contributed by atoms with van der Waals surface area (Å²) in [4.78, 5) is 4.57. The molecule has 0 unspecified atom stereocenters. The van der Waals surface area contributed by atoms with E-state index < -0.39 is 0 Å². The van der Waals surface area contributed by atoms with Gasteiger partial charge in [-0.25, -0.2) is 0 Å². The maximum atomic E-state index is 9.80. The Hall–Kier alpha value is -1.35. The van der Waals surface area contributed by atoms with E-state index in [0.717, 1.165) is 38.0 Å². The summed E-state index contributed by atoms with van der Waals surface area (Å²) in [6, 6.07) is 6.05. The van der Waals surface area contributed by atoms with E-state index in [-0.39, 0.29) is 16.8 Å². The van der Waals surface area contributed by atoms with Gasteiger partial charge in [-0.1, -0.05) is 25.5 Å². The first-order valence-electron chi connectivity index (χ1n) is 7.57. The van der Waals surface area contributed by atoms with E-state index in [2.05, 4.69) is 17.6 Å². The number of pyridine rings is 1. The molecule has 1 spiro atoms. The van der Waals surface area contributed by atoms with Crippen molar-refractivity contribution in [2.24, 2.45) is 0 Å². The quantitative estimate of drug-likeness (QED) is 0.849. The Morgan fingerprint density at radius 2 is 2.10 bits per heavy atom. The summed E-state index contributed by atoms with van der Waals surface area (Å²) in [6.45, 7) is 4.48. The van der Waals surface area contributed by atoms with Crippen molar-refractivity contribution < 1.29 is 9.84 Å². The van der Waals surface area contributed by atoms with Gasteiger partial charge in [-0.2, -0.15) is 0 Å². The van der Waals surface area contributed by atoms with Crippen molar-refractivity contribution in [3.8, 4) is 0 Å². The number of hydrogen-bond acceptors (Lipinski definition) is 3. The van der Waals surface area contributed by atoms with Crippen LogP contribution in [0.25, 0.3) is 0 Å². The van der Waals surface area contributed by atoms with Crippen LogP contribution in [0.4, 0.5) is 0 Å². The van der Waals surface area contributed by atoms with Crippen LogP contribution in [0.5, 0.6) is 0 Å². The Balaban J connectivity index is 1.95. The monoisotopic (exact) mass is 273 g/mol. The molecule has 2 fully saturated rings. The van der Waals surface area contributed by atoms with Crippen molar-refractivity contribution in [1.82, 2.24) is 4.98 Å². The standard InChI is InChI=1S/C17H23NO2/c1-14(19)12-16(15-6-2-5-10-18-15)9-11-20-17(13-16)7-3-4-8-17/h2,5-6,10,19H,1,3-4,7-9,11-13H2/t16-/m0/s1. The van der Waals surface area contributed by atoms with E-state index in [1.165, 1.54) is 12.8 Å². The fraction of sp³-hybridized carbons (Fsp3) is 0.588. The van der Waals surface area contributed by atoms with Gasteiger partial charge in [0.05, 0.1) is 11.4 Å². The maximum Gasteiger partial charge on any atom is 0.0860 e. The molecule has 1 aromatic rings. The number of rotatable bonds is 3. The predicted molar refractivity (Wildman–Crippen MR) is 78.7 cm³/mol. The number of aliphatic hydroxyl groups excluding tert-OH is 1. The zero-order valence-electron chi connectivity index (χ0n) is 12.0. The van der Waals surface area contributed by atoms with Crippen LogP contribution >= 0.6 is 0 Å². The van der Waals surface area contributed by atoms with E-state index in [1.807, 2.05) is 18.3 Å². The minimum atomic E-state index is -0.115. The Kier molecular flexibility index (Phi) is 3.55. The van der Waals surface area contributed by atoms with Crippen molar-refractivity contribution in [3.05, 3.63) is 42.4 Å². The molecule has 1 N–H and O–H groups in total. The first-order chi connectivity index (χ1) is 9.64. The molecule has 108 valence electrons. The summed E-state index contributed by atoms with van der Waals surface area (Å²) in [7, 11) is 0. The molecule has 0 aromatic carbocycles. The highest BCUT2D eigenvalue weighted by atomic mass is 16.5. The molecule has 0 bridgehead atoms. The van der Waals surface area contributed by atoms with Crippen molar-refractivity contribution in [2.75, 3.05) is 6.61 Å². The molecule has 3 rings (SSSR count). The van der Waals surface area contributed by atoms with Crippen molar-refractivity contribution in [3.63, 3.8) is 0 Å². The summed E-state index contributed by atoms with van der Waals surface area (Å²) >= 11 is 0. The predicted octanol–water partition coefficient (Wildman–Crippen LogP) is 3.90. The molecule has 2 aliphatic rings. The fourth-order valence-electron chi connectivity index (χ4n) is 4.09. The fourth-order valence-corrected chi connectivity index (χ4v) is 4.09. The van der Waals surface area contributed by atoms with E-state index >= 15 is 0 Å². The Morgan fingerprint density at radius 3 is 2.75 bits per heavy atom. The molecule has 0 radical (unpaired) electrons. The molecular weight excluding hydrogens is 250 g/mol. The molecular formula is C17H23NO2. The molecule has 1 aliphatic carbocycles. The van der Waals surface area contributed by atoms with Crippen molar-refractivity contribution in [2.45, 2.75) is 56.0 Å². The number of nitrogens with zero attached hydrogens (tertiary/aromatic N) is 1. The van der Waals surface area contributed by atoms with Gasteiger partial charge in [-0.05, 0) is 37.8 Å². The topological polar surface area (TPSA) is 42.4 Å². The molecule has 20 heavy (non-hydrogen) atoms. The lowest BCUT2D eigenvalue weighted by Crippen LogP contribution is -2.46. The third kappa shape index (κ3) is 2.47. The lowest BCUT2D eigenvalue weighted by atomic mass is 9.67. The highest BCUT2D eigenvalue weighted by Crippen LogP contribution is 2.50. The van der Waals surface area contributed by atoms with E-state index in [4.69, 9.17) is 4.74 Å². The summed E-state index contributed by atoms with van der Waals surface area (Å²) in [5, 5.41) is 9.80. The van der Waals surface area contributed by atoms with E-state index in [0.29, 0.717) is 6.42 Å². The lowest BCUT2D eigenvalue weighted by molar-refractivity contribution is -0.104. The third-order valence-corrected chi connectivity index (χ3v) is 4.91. The highest BCUT2D eigenvalue weighted by molar-refractivity contribution is 5.22. The Morgan fingerprint density at radius 1 is 1.30 bits per heavy atom. The molecule has 1 atom stereocenters.